The molecule has 0 saturated heterocycles. The van der Waals surface area contributed by atoms with Crippen LogP contribution < -0.4 is 5.32 Å². The molecule has 0 amide bonds. The van der Waals surface area contributed by atoms with E-state index in [9.17, 15) is 4.79 Å². The summed E-state index contributed by atoms with van der Waals surface area (Å²) in [5, 5.41) is 11.4. The van der Waals surface area contributed by atoms with Crippen molar-refractivity contribution in [2.24, 2.45) is 0 Å². The van der Waals surface area contributed by atoms with Crippen molar-refractivity contribution in [3.63, 3.8) is 0 Å². The maximum absolute atomic E-state index is 10.2. The first-order valence-electron chi connectivity index (χ1n) is 4.78. The van der Waals surface area contributed by atoms with E-state index in [0.717, 1.165) is 25.5 Å². The molecule has 0 fully saturated rings. The van der Waals surface area contributed by atoms with Crippen LogP contribution in [-0.2, 0) is 4.79 Å². The van der Waals surface area contributed by atoms with Gasteiger partial charge in [0.05, 0.1) is 0 Å². The highest BCUT2D eigenvalue weighted by Gasteiger charge is 2.23. The van der Waals surface area contributed by atoms with Crippen LogP contribution in [0.1, 0.15) is 26.7 Å². The van der Waals surface area contributed by atoms with Gasteiger partial charge in [-0.25, -0.2) is 4.79 Å². The Morgan fingerprint density at radius 2 is 2.07 bits per heavy atom. The Morgan fingerprint density at radius 3 is 2.43 bits per heavy atom. The van der Waals surface area contributed by atoms with Crippen molar-refractivity contribution in [1.29, 1.82) is 0 Å². The lowest BCUT2D eigenvalue weighted by Crippen LogP contribution is -2.34. The number of carboxylic acids is 1. The first-order valence-corrected chi connectivity index (χ1v) is 6.00. The van der Waals surface area contributed by atoms with Crippen molar-refractivity contribution in [3.05, 3.63) is 12.3 Å². The summed E-state index contributed by atoms with van der Waals surface area (Å²) in [5.41, 5.74) is 0. The van der Waals surface area contributed by atoms with E-state index < -0.39 is 5.97 Å². The van der Waals surface area contributed by atoms with Crippen molar-refractivity contribution in [1.82, 2.24) is 5.32 Å². The van der Waals surface area contributed by atoms with Crippen LogP contribution in [0.5, 0.6) is 0 Å². The van der Waals surface area contributed by atoms with Crippen LogP contribution in [0.25, 0.3) is 0 Å². The molecular formula is C10H19NO2S. The van der Waals surface area contributed by atoms with Crippen molar-refractivity contribution < 1.29 is 9.90 Å². The minimum atomic E-state index is -0.916. The van der Waals surface area contributed by atoms with Crippen LogP contribution in [0.2, 0.25) is 0 Å². The molecule has 0 spiro atoms. The molecule has 0 heterocycles. The fourth-order valence-corrected chi connectivity index (χ4v) is 2.04. The van der Waals surface area contributed by atoms with Gasteiger partial charge in [0, 0.05) is 23.6 Å². The molecule has 0 radical (unpaired) electrons. The summed E-state index contributed by atoms with van der Waals surface area (Å²) in [5.74, 6) is -0.916. The molecule has 4 heteroatoms. The minimum Gasteiger partial charge on any atom is -0.478 e. The van der Waals surface area contributed by atoms with E-state index in [1.807, 2.05) is 11.8 Å². The normalized spacial score (nSPS) is 11.9. The summed E-state index contributed by atoms with van der Waals surface area (Å²) in [6.45, 7) is 5.12. The van der Waals surface area contributed by atoms with Crippen LogP contribution in [0, 0.1) is 0 Å². The maximum atomic E-state index is 10.2. The van der Waals surface area contributed by atoms with Gasteiger partial charge in [0.2, 0.25) is 0 Å². The second-order valence-electron chi connectivity index (χ2n) is 3.15. The fourth-order valence-electron chi connectivity index (χ4n) is 1.24. The highest BCUT2D eigenvalue weighted by Crippen LogP contribution is 2.29. The summed E-state index contributed by atoms with van der Waals surface area (Å²) < 4.78 is 0.225. The Hall–Kier alpha value is -0.640. The van der Waals surface area contributed by atoms with Crippen molar-refractivity contribution in [3.8, 4) is 0 Å². The molecule has 0 aliphatic heterocycles. The third-order valence-corrected chi connectivity index (χ3v) is 4.08. The monoisotopic (exact) mass is 217 g/mol. The summed E-state index contributed by atoms with van der Waals surface area (Å²) >= 11 is 1.83. The molecule has 0 aromatic heterocycles. The van der Waals surface area contributed by atoms with E-state index >= 15 is 0 Å². The zero-order valence-electron chi connectivity index (χ0n) is 9.04. The Kier molecular flexibility index (Phi) is 6.45. The van der Waals surface area contributed by atoms with Gasteiger partial charge in [-0.1, -0.05) is 13.8 Å². The predicted molar refractivity (Wildman–Crippen MR) is 61.6 cm³/mol. The van der Waals surface area contributed by atoms with Crippen molar-refractivity contribution >= 4 is 17.7 Å². The molecule has 0 atom stereocenters. The number of hydrogen-bond donors (Lipinski definition) is 2. The number of carboxylic acid groups (broad SMARTS) is 1. The van der Waals surface area contributed by atoms with E-state index in [1.54, 1.807) is 0 Å². The Morgan fingerprint density at radius 1 is 1.50 bits per heavy atom. The van der Waals surface area contributed by atoms with E-state index in [-0.39, 0.29) is 4.75 Å². The van der Waals surface area contributed by atoms with Crippen LogP contribution in [0.15, 0.2) is 12.3 Å². The topological polar surface area (TPSA) is 49.3 Å². The number of thioether (sulfide) groups is 1. The molecule has 82 valence electrons. The predicted octanol–water partition coefficient (Wildman–Crippen LogP) is 2.10. The van der Waals surface area contributed by atoms with Crippen LogP contribution in [0.3, 0.4) is 0 Å². The summed E-state index contributed by atoms with van der Waals surface area (Å²) in [7, 11) is 0. The molecule has 0 unspecified atom stereocenters. The molecule has 2 N–H and O–H groups in total. The second-order valence-corrected chi connectivity index (χ2v) is 4.42. The molecular weight excluding hydrogens is 198 g/mol. The lowest BCUT2D eigenvalue weighted by Gasteiger charge is -2.29. The zero-order valence-corrected chi connectivity index (χ0v) is 9.86. The number of carbonyl (C=O) groups is 1. The number of rotatable bonds is 7. The maximum Gasteiger partial charge on any atom is 0.329 e. The molecule has 0 aliphatic rings. The van der Waals surface area contributed by atoms with Gasteiger partial charge in [-0.2, -0.15) is 11.8 Å². The average molecular weight is 217 g/mol. The standard InChI is InChI=1S/C10H19NO2S/c1-4-10(5-2,14-3)8-11-7-6-9(12)13/h6-7,11H,4-5,8H2,1-3H3,(H,12,13)/b7-6+. The van der Waals surface area contributed by atoms with E-state index in [4.69, 9.17) is 5.11 Å². The van der Waals surface area contributed by atoms with Crippen LogP contribution in [0.4, 0.5) is 0 Å². The van der Waals surface area contributed by atoms with Gasteiger partial charge in [0.1, 0.15) is 0 Å². The van der Waals surface area contributed by atoms with E-state index in [0.29, 0.717) is 0 Å². The Balaban J connectivity index is 4.00. The lowest BCUT2D eigenvalue weighted by atomic mass is 10.0. The first-order chi connectivity index (χ1) is 6.60. The van der Waals surface area contributed by atoms with Crippen LogP contribution >= 0.6 is 11.8 Å². The largest absolute Gasteiger partial charge is 0.478 e. The van der Waals surface area contributed by atoms with Gasteiger partial charge in [-0.3, -0.25) is 0 Å². The summed E-state index contributed by atoms with van der Waals surface area (Å²) in [4.78, 5) is 10.2. The summed E-state index contributed by atoms with van der Waals surface area (Å²) in [6, 6.07) is 0. The van der Waals surface area contributed by atoms with Gasteiger partial charge in [-0.05, 0) is 19.1 Å². The fraction of sp³-hybridized carbons (Fsp3) is 0.700. The first kappa shape index (κ1) is 13.4. The van der Waals surface area contributed by atoms with Gasteiger partial charge < -0.3 is 10.4 Å². The molecule has 0 rings (SSSR count). The van der Waals surface area contributed by atoms with E-state index in [1.165, 1.54) is 6.20 Å². The molecule has 0 aliphatic carbocycles. The third-order valence-electron chi connectivity index (χ3n) is 2.49. The summed E-state index contributed by atoms with van der Waals surface area (Å²) in [6.07, 6.45) is 6.88. The molecule has 0 saturated carbocycles. The van der Waals surface area contributed by atoms with Gasteiger partial charge in [-0.15, -0.1) is 0 Å². The molecule has 0 bridgehead atoms. The van der Waals surface area contributed by atoms with Crippen LogP contribution in [-0.4, -0.2) is 28.6 Å². The Labute approximate surface area is 90.0 Å². The number of nitrogens with one attached hydrogen (secondary N) is 1. The van der Waals surface area contributed by atoms with Crippen molar-refractivity contribution in [2.45, 2.75) is 31.4 Å². The second kappa shape index (κ2) is 6.76. The molecule has 3 nitrogen and oxygen atoms in total. The number of aliphatic carboxylic acids is 1. The van der Waals surface area contributed by atoms with Gasteiger partial charge >= 0.3 is 5.97 Å². The lowest BCUT2D eigenvalue weighted by molar-refractivity contribution is -0.131. The molecule has 0 aromatic carbocycles. The van der Waals surface area contributed by atoms with E-state index in [2.05, 4.69) is 25.4 Å². The number of hydrogen-bond acceptors (Lipinski definition) is 3. The molecule has 14 heavy (non-hydrogen) atoms. The SMILES string of the molecule is CCC(CC)(CN/C=C/C(=O)O)SC. The highest BCUT2D eigenvalue weighted by molar-refractivity contribution is 8.00. The highest BCUT2D eigenvalue weighted by atomic mass is 32.2. The van der Waals surface area contributed by atoms with Gasteiger partial charge in [0.25, 0.3) is 0 Å². The minimum absolute atomic E-state index is 0.225. The molecule has 0 aromatic rings. The smallest absolute Gasteiger partial charge is 0.329 e. The quantitative estimate of drug-likeness (QED) is 0.641. The zero-order chi connectivity index (χ0) is 11.0. The average Bonchev–Trinajstić information content (AvgIpc) is 2.19. The third kappa shape index (κ3) is 4.56. The van der Waals surface area contributed by atoms with Crippen molar-refractivity contribution in [2.75, 3.05) is 12.8 Å². The van der Waals surface area contributed by atoms with Gasteiger partial charge in [0.15, 0.2) is 0 Å². The Bertz CT molecular complexity index is 192.